The normalized spacial score (nSPS) is 9.56. The highest BCUT2D eigenvalue weighted by Gasteiger charge is 2.04. The van der Waals surface area contributed by atoms with E-state index in [1.54, 1.807) is 7.11 Å². The minimum absolute atomic E-state index is 0.842. The molecule has 2 nitrogen and oxygen atoms in total. The third-order valence-corrected chi connectivity index (χ3v) is 2.36. The standard InChI is InChI=1S/C12H13NO.C2H6/c1-8-7-9(2)13-12-10(8)5-4-6-11(12)14-3;1-2/h4-7H,1-3H3;1-2H3. The van der Waals surface area contributed by atoms with Gasteiger partial charge in [-0.2, -0.15) is 0 Å². The van der Waals surface area contributed by atoms with Gasteiger partial charge < -0.3 is 4.74 Å². The minimum atomic E-state index is 0.842. The van der Waals surface area contributed by atoms with E-state index in [-0.39, 0.29) is 0 Å². The highest BCUT2D eigenvalue weighted by Crippen LogP contribution is 2.25. The Morgan fingerprint density at radius 2 is 1.81 bits per heavy atom. The van der Waals surface area contributed by atoms with Gasteiger partial charge in [0.15, 0.2) is 0 Å². The first-order chi connectivity index (χ1) is 7.72. The molecule has 0 saturated carbocycles. The Morgan fingerprint density at radius 1 is 1.12 bits per heavy atom. The van der Waals surface area contributed by atoms with Gasteiger partial charge in [-0.15, -0.1) is 0 Å². The molecule has 2 aromatic rings. The molecule has 0 aliphatic heterocycles. The van der Waals surface area contributed by atoms with Gasteiger partial charge in [0.05, 0.1) is 7.11 Å². The van der Waals surface area contributed by atoms with Crippen LogP contribution < -0.4 is 4.74 Å². The van der Waals surface area contributed by atoms with Gasteiger partial charge in [-0.05, 0) is 31.5 Å². The van der Waals surface area contributed by atoms with Crippen LogP contribution >= 0.6 is 0 Å². The summed E-state index contributed by atoms with van der Waals surface area (Å²) in [6.07, 6.45) is 0. The van der Waals surface area contributed by atoms with Gasteiger partial charge >= 0.3 is 0 Å². The molecule has 2 rings (SSSR count). The van der Waals surface area contributed by atoms with Crippen LogP contribution in [0.4, 0.5) is 0 Å². The zero-order valence-corrected chi connectivity index (χ0v) is 10.7. The molecule has 0 aliphatic carbocycles. The van der Waals surface area contributed by atoms with Crippen molar-refractivity contribution in [2.75, 3.05) is 7.11 Å². The van der Waals surface area contributed by atoms with Crippen molar-refractivity contribution < 1.29 is 4.74 Å². The Morgan fingerprint density at radius 3 is 2.44 bits per heavy atom. The highest BCUT2D eigenvalue weighted by atomic mass is 16.5. The van der Waals surface area contributed by atoms with Crippen LogP contribution in [0.2, 0.25) is 0 Å². The van der Waals surface area contributed by atoms with E-state index in [4.69, 9.17) is 4.74 Å². The lowest BCUT2D eigenvalue weighted by molar-refractivity contribution is 0.419. The summed E-state index contributed by atoms with van der Waals surface area (Å²) in [7, 11) is 1.67. The van der Waals surface area contributed by atoms with Gasteiger partial charge in [-0.25, -0.2) is 4.98 Å². The number of hydrogen-bond donors (Lipinski definition) is 0. The molecule has 2 heteroatoms. The summed E-state index contributed by atoms with van der Waals surface area (Å²) < 4.78 is 5.27. The molecule has 86 valence electrons. The molecule has 0 unspecified atom stereocenters. The van der Waals surface area contributed by atoms with Crippen LogP contribution in [0.25, 0.3) is 10.9 Å². The Bertz CT molecular complexity index is 477. The largest absolute Gasteiger partial charge is 0.494 e. The number of nitrogens with zero attached hydrogens (tertiary/aromatic N) is 1. The molecular weight excluding hydrogens is 198 g/mol. The first-order valence-corrected chi connectivity index (χ1v) is 5.63. The zero-order valence-electron chi connectivity index (χ0n) is 10.7. The van der Waals surface area contributed by atoms with Crippen molar-refractivity contribution in [2.24, 2.45) is 0 Å². The minimum Gasteiger partial charge on any atom is -0.494 e. The summed E-state index contributed by atoms with van der Waals surface area (Å²) in [5, 5.41) is 1.16. The molecule has 0 aliphatic rings. The van der Waals surface area contributed by atoms with E-state index < -0.39 is 0 Å². The van der Waals surface area contributed by atoms with Crippen LogP contribution in [0, 0.1) is 13.8 Å². The topological polar surface area (TPSA) is 22.1 Å². The fourth-order valence-corrected chi connectivity index (χ4v) is 1.72. The molecule has 0 bridgehead atoms. The molecule has 0 saturated heterocycles. The molecule has 0 spiro atoms. The van der Waals surface area contributed by atoms with E-state index in [1.165, 1.54) is 5.56 Å². The first-order valence-electron chi connectivity index (χ1n) is 5.63. The number of aryl methyl sites for hydroxylation is 2. The van der Waals surface area contributed by atoms with Gasteiger partial charge in [-0.3, -0.25) is 0 Å². The molecule has 0 fully saturated rings. The van der Waals surface area contributed by atoms with E-state index in [9.17, 15) is 0 Å². The van der Waals surface area contributed by atoms with Crippen LogP contribution in [0.3, 0.4) is 0 Å². The summed E-state index contributed by atoms with van der Waals surface area (Å²) >= 11 is 0. The Kier molecular flexibility index (Phi) is 4.29. The summed E-state index contributed by atoms with van der Waals surface area (Å²) in [6.45, 7) is 8.09. The van der Waals surface area contributed by atoms with Gasteiger partial charge in [0.1, 0.15) is 11.3 Å². The molecule has 1 aromatic carbocycles. The lowest BCUT2D eigenvalue weighted by Crippen LogP contribution is -1.91. The molecule has 16 heavy (non-hydrogen) atoms. The number of rotatable bonds is 1. The maximum Gasteiger partial charge on any atom is 0.145 e. The summed E-state index contributed by atoms with van der Waals surface area (Å²) in [5.41, 5.74) is 3.22. The predicted octanol–water partition coefficient (Wildman–Crippen LogP) is 3.89. The number of hydrogen-bond acceptors (Lipinski definition) is 2. The van der Waals surface area contributed by atoms with Crippen molar-refractivity contribution in [2.45, 2.75) is 27.7 Å². The second-order valence-electron chi connectivity index (χ2n) is 3.44. The maximum atomic E-state index is 5.27. The number of methoxy groups -OCH3 is 1. The lowest BCUT2D eigenvalue weighted by atomic mass is 10.1. The van der Waals surface area contributed by atoms with Crippen molar-refractivity contribution in [1.29, 1.82) is 0 Å². The van der Waals surface area contributed by atoms with E-state index in [2.05, 4.69) is 24.0 Å². The second kappa shape index (κ2) is 5.50. The zero-order chi connectivity index (χ0) is 12.1. The summed E-state index contributed by atoms with van der Waals surface area (Å²) in [6, 6.07) is 8.08. The predicted molar refractivity (Wildman–Crippen MR) is 69.1 cm³/mol. The van der Waals surface area contributed by atoms with E-state index in [0.29, 0.717) is 0 Å². The monoisotopic (exact) mass is 217 g/mol. The molecule has 0 atom stereocenters. The molecule has 0 amide bonds. The van der Waals surface area contributed by atoms with E-state index >= 15 is 0 Å². The smallest absolute Gasteiger partial charge is 0.145 e. The number of fused-ring (bicyclic) bond motifs is 1. The summed E-state index contributed by atoms with van der Waals surface area (Å²) in [4.78, 5) is 4.48. The van der Waals surface area contributed by atoms with Gasteiger partial charge in [0.25, 0.3) is 0 Å². The van der Waals surface area contributed by atoms with Gasteiger partial charge in [0.2, 0.25) is 0 Å². The van der Waals surface area contributed by atoms with Crippen LogP contribution in [0.15, 0.2) is 24.3 Å². The highest BCUT2D eigenvalue weighted by molar-refractivity contribution is 5.87. The molecular formula is C14H19NO. The number of para-hydroxylation sites is 1. The maximum absolute atomic E-state index is 5.27. The van der Waals surface area contributed by atoms with Crippen molar-refractivity contribution in [3.8, 4) is 5.75 Å². The van der Waals surface area contributed by atoms with Crippen LogP contribution in [-0.2, 0) is 0 Å². The number of benzene rings is 1. The SMILES string of the molecule is CC.COc1cccc2c(C)cc(C)nc12. The Balaban J connectivity index is 0.000000606. The summed E-state index contributed by atoms with van der Waals surface area (Å²) in [5.74, 6) is 0.842. The molecule has 1 heterocycles. The van der Waals surface area contributed by atoms with Crippen LogP contribution in [0.1, 0.15) is 25.1 Å². The number of ether oxygens (including phenoxy) is 1. The Hall–Kier alpha value is -1.57. The van der Waals surface area contributed by atoms with Crippen molar-refractivity contribution in [3.63, 3.8) is 0 Å². The average Bonchev–Trinajstić information content (AvgIpc) is 2.31. The molecule has 1 aromatic heterocycles. The van der Waals surface area contributed by atoms with Gasteiger partial charge in [-0.1, -0.05) is 26.0 Å². The third-order valence-electron chi connectivity index (χ3n) is 2.36. The number of pyridine rings is 1. The van der Waals surface area contributed by atoms with Crippen molar-refractivity contribution >= 4 is 10.9 Å². The van der Waals surface area contributed by atoms with Crippen molar-refractivity contribution in [1.82, 2.24) is 4.98 Å². The third kappa shape index (κ3) is 2.32. The number of aromatic nitrogens is 1. The average molecular weight is 217 g/mol. The first kappa shape index (κ1) is 12.5. The van der Waals surface area contributed by atoms with Crippen LogP contribution in [-0.4, -0.2) is 12.1 Å². The van der Waals surface area contributed by atoms with Gasteiger partial charge in [0, 0.05) is 11.1 Å². The van der Waals surface area contributed by atoms with E-state index in [1.807, 2.05) is 32.9 Å². The van der Waals surface area contributed by atoms with Crippen LogP contribution in [0.5, 0.6) is 5.75 Å². The lowest BCUT2D eigenvalue weighted by Gasteiger charge is -2.07. The second-order valence-corrected chi connectivity index (χ2v) is 3.44. The fourth-order valence-electron chi connectivity index (χ4n) is 1.72. The quantitative estimate of drug-likeness (QED) is 0.723. The van der Waals surface area contributed by atoms with E-state index in [0.717, 1.165) is 22.3 Å². The molecule has 0 N–H and O–H groups in total. The van der Waals surface area contributed by atoms with Crippen molar-refractivity contribution in [3.05, 3.63) is 35.5 Å². The fraction of sp³-hybridized carbons (Fsp3) is 0.357. The molecule has 0 radical (unpaired) electrons. The Labute approximate surface area is 97.3 Å².